The fourth-order valence-electron chi connectivity index (χ4n) is 1.70. The van der Waals surface area contributed by atoms with E-state index in [0.29, 0.717) is 10.7 Å². The quantitative estimate of drug-likeness (QED) is 0.571. The molecule has 62 valence electrons. The molecule has 1 aliphatic carbocycles. The lowest BCUT2D eigenvalue weighted by Gasteiger charge is -2.31. The molecule has 0 bridgehead atoms. The third-order valence-electron chi connectivity index (χ3n) is 2.11. The molecule has 0 aromatic rings. The summed E-state index contributed by atoms with van der Waals surface area (Å²) in [5.74, 6) is 0. The van der Waals surface area contributed by atoms with E-state index in [1.165, 1.54) is 12.0 Å². The van der Waals surface area contributed by atoms with Gasteiger partial charge in [-0.2, -0.15) is 12.6 Å². The lowest BCUT2D eigenvalue weighted by molar-refractivity contribution is 0.328. The van der Waals surface area contributed by atoms with Crippen LogP contribution in [0.3, 0.4) is 0 Å². The van der Waals surface area contributed by atoms with Crippen molar-refractivity contribution in [1.29, 1.82) is 0 Å². The minimum Gasteiger partial charge on any atom is -0.172 e. The van der Waals surface area contributed by atoms with Crippen LogP contribution in [0.4, 0.5) is 0 Å². The van der Waals surface area contributed by atoms with Gasteiger partial charge in [0.2, 0.25) is 0 Å². The Balaban J connectivity index is 2.77. The standard InChI is InChI=1S/C10H16S/c1-4-8-5-9(11)7-10(2,3)6-8/h4-5,9,11H,1,6-7H2,2-3H3. The summed E-state index contributed by atoms with van der Waals surface area (Å²) in [6.45, 7) is 8.35. The molecule has 0 N–H and O–H groups in total. The zero-order valence-corrected chi connectivity index (χ0v) is 8.20. The Bertz CT molecular complexity index is 189. The first-order valence-corrected chi connectivity index (χ1v) is 4.56. The van der Waals surface area contributed by atoms with Crippen LogP contribution in [-0.2, 0) is 0 Å². The molecule has 1 atom stereocenters. The SMILES string of the molecule is C=CC1=CC(S)CC(C)(C)C1. The summed E-state index contributed by atoms with van der Waals surface area (Å²) in [4.78, 5) is 0. The molecule has 0 spiro atoms. The first-order valence-electron chi connectivity index (χ1n) is 4.05. The van der Waals surface area contributed by atoms with Crippen molar-refractivity contribution in [3.8, 4) is 0 Å². The summed E-state index contributed by atoms with van der Waals surface area (Å²) >= 11 is 4.46. The molecule has 0 saturated carbocycles. The first kappa shape index (κ1) is 8.92. The first-order chi connectivity index (χ1) is 5.03. The average molecular weight is 168 g/mol. The molecule has 0 amide bonds. The van der Waals surface area contributed by atoms with Crippen LogP contribution in [0.5, 0.6) is 0 Å². The van der Waals surface area contributed by atoms with Gasteiger partial charge >= 0.3 is 0 Å². The van der Waals surface area contributed by atoms with Crippen LogP contribution in [-0.4, -0.2) is 5.25 Å². The van der Waals surface area contributed by atoms with Crippen molar-refractivity contribution in [2.24, 2.45) is 5.41 Å². The number of hydrogen-bond acceptors (Lipinski definition) is 1. The van der Waals surface area contributed by atoms with E-state index in [2.05, 4.69) is 39.1 Å². The van der Waals surface area contributed by atoms with E-state index in [9.17, 15) is 0 Å². The van der Waals surface area contributed by atoms with Gasteiger partial charge in [-0.15, -0.1) is 0 Å². The van der Waals surface area contributed by atoms with Gasteiger partial charge in [-0.1, -0.05) is 38.2 Å². The highest BCUT2D eigenvalue weighted by atomic mass is 32.1. The van der Waals surface area contributed by atoms with E-state index < -0.39 is 0 Å². The van der Waals surface area contributed by atoms with Gasteiger partial charge in [0.05, 0.1) is 0 Å². The Labute approximate surface area is 74.8 Å². The fraction of sp³-hybridized carbons (Fsp3) is 0.600. The Kier molecular flexibility index (Phi) is 2.48. The van der Waals surface area contributed by atoms with Gasteiger partial charge in [0, 0.05) is 5.25 Å². The molecule has 1 unspecified atom stereocenters. The highest BCUT2D eigenvalue weighted by molar-refractivity contribution is 7.81. The highest BCUT2D eigenvalue weighted by Crippen LogP contribution is 2.37. The molecule has 11 heavy (non-hydrogen) atoms. The lowest BCUT2D eigenvalue weighted by atomic mass is 9.77. The van der Waals surface area contributed by atoms with Gasteiger partial charge in [-0.25, -0.2) is 0 Å². The van der Waals surface area contributed by atoms with Crippen LogP contribution in [0.1, 0.15) is 26.7 Å². The zero-order valence-electron chi connectivity index (χ0n) is 7.30. The lowest BCUT2D eigenvalue weighted by Crippen LogP contribution is -2.21. The number of rotatable bonds is 1. The molecule has 0 aromatic heterocycles. The van der Waals surface area contributed by atoms with E-state index in [1.807, 2.05) is 6.08 Å². The topological polar surface area (TPSA) is 0 Å². The van der Waals surface area contributed by atoms with Gasteiger partial charge in [0.1, 0.15) is 0 Å². The van der Waals surface area contributed by atoms with Crippen molar-refractivity contribution in [1.82, 2.24) is 0 Å². The molecule has 0 heterocycles. The van der Waals surface area contributed by atoms with Crippen molar-refractivity contribution in [3.05, 3.63) is 24.3 Å². The Morgan fingerprint density at radius 1 is 1.73 bits per heavy atom. The summed E-state index contributed by atoms with van der Waals surface area (Å²) in [6, 6.07) is 0. The fourth-order valence-corrected chi connectivity index (χ4v) is 2.38. The number of thiol groups is 1. The van der Waals surface area contributed by atoms with Crippen molar-refractivity contribution in [2.45, 2.75) is 31.9 Å². The summed E-state index contributed by atoms with van der Waals surface area (Å²) in [5, 5.41) is 0.423. The van der Waals surface area contributed by atoms with Crippen LogP contribution in [0.25, 0.3) is 0 Å². The normalized spacial score (nSPS) is 29.4. The molecule has 0 fully saturated rings. The van der Waals surface area contributed by atoms with Gasteiger partial charge in [-0.05, 0) is 18.3 Å². The Hall–Kier alpha value is -0.170. The van der Waals surface area contributed by atoms with Crippen molar-refractivity contribution < 1.29 is 0 Å². The molecule has 0 aliphatic heterocycles. The van der Waals surface area contributed by atoms with E-state index in [-0.39, 0.29) is 0 Å². The average Bonchev–Trinajstić information content (AvgIpc) is 1.83. The van der Waals surface area contributed by atoms with Crippen LogP contribution in [0.15, 0.2) is 24.3 Å². The number of hydrogen-bond donors (Lipinski definition) is 1. The molecule has 1 rings (SSSR count). The van der Waals surface area contributed by atoms with E-state index in [1.54, 1.807) is 0 Å². The molecule has 0 radical (unpaired) electrons. The van der Waals surface area contributed by atoms with E-state index >= 15 is 0 Å². The maximum absolute atomic E-state index is 4.46. The Morgan fingerprint density at radius 2 is 2.36 bits per heavy atom. The van der Waals surface area contributed by atoms with Crippen LogP contribution in [0, 0.1) is 5.41 Å². The molecule has 1 heteroatoms. The second-order valence-corrected chi connectivity index (χ2v) is 4.72. The third kappa shape index (κ3) is 2.41. The van der Waals surface area contributed by atoms with E-state index in [0.717, 1.165) is 6.42 Å². The van der Waals surface area contributed by atoms with Crippen molar-refractivity contribution in [3.63, 3.8) is 0 Å². The minimum atomic E-state index is 0.407. The van der Waals surface area contributed by atoms with E-state index in [4.69, 9.17) is 0 Å². The van der Waals surface area contributed by atoms with Crippen LogP contribution >= 0.6 is 12.6 Å². The van der Waals surface area contributed by atoms with Crippen molar-refractivity contribution in [2.75, 3.05) is 0 Å². The number of allylic oxidation sites excluding steroid dienone is 2. The van der Waals surface area contributed by atoms with Crippen molar-refractivity contribution >= 4 is 12.6 Å². The molecular formula is C10H16S. The maximum Gasteiger partial charge on any atom is 0.0207 e. The van der Waals surface area contributed by atoms with Crippen LogP contribution < -0.4 is 0 Å². The summed E-state index contributed by atoms with van der Waals surface area (Å²) in [7, 11) is 0. The predicted molar refractivity (Wildman–Crippen MR) is 54.1 cm³/mol. The zero-order chi connectivity index (χ0) is 8.48. The monoisotopic (exact) mass is 168 g/mol. The van der Waals surface area contributed by atoms with Crippen LogP contribution in [0.2, 0.25) is 0 Å². The highest BCUT2D eigenvalue weighted by Gasteiger charge is 2.25. The second-order valence-electron chi connectivity index (χ2n) is 4.06. The second kappa shape index (κ2) is 3.06. The summed E-state index contributed by atoms with van der Waals surface area (Å²) in [5.41, 5.74) is 1.76. The predicted octanol–water partition coefficient (Wildman–Crippen LogP) is 3.22. The minimum absolute atomic E-state index is 0.407. The largest absolute Gasteiger partial charge is 0.172 e. The third-order valence-corrected chi connectivity index (χ3v) is 2.44. The molecule has 0 aromatic carbocycles. The molecule has 0 nitrogen and oxygen atoms in total. The molecule has 1 aliphatic rings. The smallest absolute Gasteiger partial charge is 0.0207 e. The Morgan fingerprint density at radius 3 is 2.82 bits per heavy atom. The maximum atomic E-state index is 4.46. The summed E-state index contributed by atoms with van der Waals surface area (Å²) < 4.78 is 0. The van der Waals surface area contributed by atoms with Gasteiger partial charge in [-0.3, -0.25) is 0 Å². The summed E-state index contributed by atoms with van der Waals surface area (Å²) in [6.07, 6.45) is 6.48. The van der Waals surface area contributed by atoms with Gasteiger partial charge in [0.25, 0.3) is 0 Å². The molecular weight excluding hydrogens is 152 g/mol. The van der Waals surface area contributed by atoms with Gasteiger partial charge in [0.15, 0.2) is 0 Å². The van der Waals surface area contributed by atoms with Gasteiger partial charge < -0.3 is 0 Å². The molecule has 0 saturated heterocycles.